The first-order valence-electron chi connectivity index (χ1n) is 7.90. The van der Waals surface area contributed by atoms with Crippen LogP contribution in [-0.2, 0) is 19.4 Å². The Morgan fingerprint density at radius 2 is 2.22 bits per heavy atom. The van der Waals surface area contributed by atoms with Crippen LogP contribution in [0.25, 0.3) is 6.08 Å². The fourth-order valence-corrected chi connectivity index (χ4v) is 5.50. The van der Waals surface area contributed by atoms with E-state index in [-0.39, 0.29) is 16.0 Å². The number of nitrogens with one attached hydrogen (secondary N) is 1. The monoisotopic (exact) mass is 442 g/mol. The smallest absolute Gasteiger partial charge is 0.266 e. The molecule has 2 atom stereocenters. The van der Waals surface area contributed by atoms with Crippen LogP contribution >= 0.6 is 35.6 Å². The van der Waals surface area contributed by atoms with Crippen LogP contribution in [0.4, 0.5) is 0 Å². The van der Waals surface area contributed by atoms with Crippen LogP contribution in [0.2, 0.25) is 5.02 Å². The minimum Gasteiger partial charge on any atom is -0.347 e. The first-order valence-corrected chi connectivity index (χ1v) is 11.2. The third kappa shape index (κ3) is 4.60. The van der Waals surface area contributed by atoms with Gasteiger partial charge in [0.25, 0.3) is 5.91 Å². The summed E-state index contributed by atoms with van der Waals surface area (Å²) in [6.07, 6.45) is 3.09. The highest BCUT2D eigenvalue weighted by Crippen LogP contribution is 2.34. The third-order valence-corrected chi connectivity index (χ3v) is 6.96. The topological polar surface area (TPSA) is 83.6 Å². The number of hydrogen-bond donors (Lipinski definition) is 1. The standard InChI is InChI=1S/C17H15ClN2O4S3/c1-10(15(21)19-13-5-6-27(23,24)9-13)20-16(22)14(26-17(20)25)8-11-3-2-4-12(18)7-11/h2-8,10,13H,9H2,1H3,(H,19,21)/b14-8-/t10-,13-/m0/s1. The Balaban J connectivity index is 1.72. The van der Waals surface area contributed by atoms with Crippen LogP contribution in [0.15, 0.2) is 40.7 Å². The molecular formula is C17H15ClN2O4S3. The minimum absolute atomic E-state index is 0.182. The molecule has 6 nitrogen and oxygen atoms in total. The van der Waals surface area contributed by atoms with E-state index in [0.29, 0.717) is 9.93 Å². The van der Waals surface area contributed by atoms with Gasteiger partial charge in [-0.05, 0) is 36.8 Å². The normalized spacial score (nSPS) is 23.9. The summed E-state index contributed by atoms with van der Waals surface area (Å²) < 4.78 is 23.2. The molecule has 0 unspecified atom stereocenters. The number of rotatable bonds is 4. The number of carbonyl (C=O) groups is 2. The maximum absolute atomic E-state index is 12.7. The van der Waals surface area contributed by atoms with Gasteiger partial charge in [-0.15, -0.1) is 0 Å². The number of nitrogens with zero attached hydrogens (tertiary/aromatic N) is 1. The fraction of sp³-hybridized carbons (Fsp3) is 0.235. The lowest BCUT2D eigenvalue weighted by Gasteiger charge is -2.23. The number of benzene rings is 1. The zero-order chi connectivity index (χ0) is 19.8. The second kappa shape index (κ2) is 7.75. The van der Waals surface area contributed by atoms with Gasteiger partial charge in [-0.25, -0.2) is 8.42 Å². The first-order chi connectivity index (χ1) is 12.7. The van der Waals surface area contributed by atoms with Crippen LogP contribution in [0.1, 0.15) is 12.5 Å². The van der Waals surface area contributed by atoms with E-state index in [1.165, 1.54) is 11.0 Å². The zero-order valence-electron chi connectivity index (χ0n) is 14.1. The molecule has 10 heteroatoms. The summed E-state index contributed by atoms with van der Waals surface area (Å²) in [6.45, 7) is 1.55. The molecule has 2 aliphatic heterocycles. The highest BCUT2D eigenvalue weighted by molar-refractivity contribution is 8.26. The molecule has 0 aliphatic carbocycles. The van der Waals surface area contributed by atoms with Gasteiger partial charge in [0.2, 0.25) is 5.91 Å². The van der Waals surface area contributed by atoms with Crippen molar-refractivity contribution in [3.05, 3.63) is 51.2 Å². The Kier molecular flexibility index (Phi) is 5.76. The van der Waals surface area contributed by atoms with Gasteiger partial charge in [0.1, 0.15) is 10.4 Å². The van der Waals surface area contributed by atoms with E-state index in [0.717, 1.165) is 22.7 Å². The predicted octanol–water partition coefficient (Wildman–Crippen LogP) is 2.36. The van der Waals surface area contributed by atoms with Crippen molar-refractivity contribution in [1.82, 2.24) is 10.2 Å². The number of amides is 2. The molecule has 0 saturated carbocycles. The second-order valence-corrected chi connectivity index (χ2v) is 10.1. The molecule has 2 heterocycles. The summed E-state index contributed by atoms with van der Waals surface area (Å²) in [5, 5.41) is 4.25. The van der Waals surface area contributed by atoms with Crippen LogP contribution < -0.4 is 5.32 Å². The molecule has 1 aromatic rings. The van der Waals surface area contributed by atoms with E-state index < -0.39 is 27.8 Å². The molecular weight excluding hydrogens is 428 g/mol. The van der Waals surface area contributed by atoms with E-state index in [1.54, 1.807) is 37.3 Å². The number of carbonyl (C=O) groups excluding carboxylic acids is 2. The Morgan fingerprint density at radius 3 is 2.85 bits per heavy atom. The quantitative estimate of drug-likeness (QED) is 0.569. The van der Waals surface area contributed by atoms with Gasteiger partial charge in [-0.1, -0.05) is 47.7 Å². The zero-order valence-corrected chi connectivity index (χ0v) is 17.3. The van der Waals surface area contributed by atoms with Crippen molar-refractivity contribution < 1.29 is 18.0 Å². The van der Waals surface area contributed by atoms with Crippen molar-refractivity contribution >= 4 is 67.6 Å². The summed E-state index contributed by atoms with van der Waals surface area (Å²) in [6, 6.07) is 5.56. The molecule has 0 radical (unpaired) electrons. The lowest BCUT2D eigenvalue weighted by Crippen LogP contribution is -2.49. The van der Waals surface area contributed by atoms with Crippen molar-refractivity contribution in [3.63, 3.8) is 0 Å². The molecule has 142 valence electrons. The Hall–Kier alpha value is -1.68. The molecule has 3 rings (SSSR count). The molecule has 1 saturated heterocycles. The predicted molar refractivity (Wildman–Crippen MR) is 111 cm³/mol. The van der Waals surface area contributed by atoms with E-state index in [2.05, 4.69) is 5.32 Å². The molecule has 1 aromatic carbocycles. The first kappa shape index (κ1) is 20.1. The summed E-state index contributed by atoms with van der Waals surface area (Å²) >= 11 is 12.3. The average molecular weight is 443 g/mol. The van der Waals surface area contributed by atoms with Crippen LogP contribution in [0.3, 0.4) is 0 Å². The van der Waals surface area contributed by atoms with Crippen molar-refractivity contribution in [2.24, 2.45) is 0 Å². The van der Waals surface area contributed by atoms with E-state index in [4.69, 9.17) is 23.8 Å². The summed E-state index contributed by atoms with van der Waals surface area (Å²) in [7, 11) is -3.28. The number of thiocarbonyl (C=S) groups is 1. The van der Waals surface area contributed by atoms with Crippen molar-refractivity contribution in [3.8, 4) is 0 Å². The average Bonchev–Trinajstić information content (AvgIpc) is 3.05. The minimum atomic E-state index is -3.28. The van der Waals surface area contributed by atoms with E-state index in [9.17, 15) is 18.0 Å². The van der Waals surface area contributed by atoms with E-state index in [1.807, 2.05) is 0 Å². The Morgan fingerprint density at radius 1 is 1.48 bits per heavy atom. The third-order valence-electron chi connectivity index (χ3n) is 3.99. The molecule has 1 fully saturated rings. The van der Waals surface area contributed by atoms with Crippen LogP contribution in [0.5, 0.6) is 0 Å². The summed E-state index contributed by atoms with van der Waals surface area (Å²) in [5.41, 5.74) is 0.751. The maximum atomic E-state index is 12.7. The van der Waals surface area contributed by atoms with Crippen LogP contribution in [0, 0.1) is 0 Å². The molecule has 0 aromatic heterocycles. The highest BCUT2D eigenvalue weighted by Gasteiger charge is 2.39. The van der Waals surface area contributed by atoms with Gasteiger partial charge in [-0.2, -0.15) is 0 Å². The Bertz CT molecular complexity index is 988. The molecule has 0 spiro atoms. The molecule has 1 N–H and O–H groups in total. The van der Waals surface area contributed by atoms with Gasteiger partial charge in [0, 0.05) is 10.4 Å². The number of thioether (sulfide) groups is 1. The highest BCUT2D eigenvalue weighted by atomic mass is 35.5. The summed E-state index contributed by atoms with van der Waals surface area (Å²) in [4.78, 5) is 26.8. The molecule has 2 amide bonds. The molecule has 0 bridgehead atoms. The SMILES string of the molecule is C[C@@H](C(=O)N[C@H]1C=CS(=O)(=O)C1)N1C(=O)/C(=C/c2cccc(Cl)c2)SC1=S. The fourth-order valence-electron chi connectivity index (χ4n) is 2.65. The van der Waals surface area contributed by atoms with Gasteiger partial charge < -0.3 is 5.32 Å². The van der Waals surface area contributed by atoms with Gasteiger partial charge >= 0.3 is 0 Å². The van der Waals surface area contributed by atoms with Crippen molar-refractivity contribution in [2.75, 3.05) is 5.75 Å². The lowest BCUT2D eigenvalue weighted by atomic mass is 10.2. The summed E-state index contributed by atoms with van der Waals surface area (Å²) in [5.74, 6) is -1.03. The largest absolute Gasteiger partial charge is 0.347 e. The maximum Gasteiger partial charge on any atom is 0.266 e. The van der Waals surface area contributed by atoms with Gasteiger partial charge in [0.15, 0.2) is 9.84 Å². The van der Waals surface area contributed by atoms with Gasteiger partial charge in [-0.3, -0.25) is 14.5 Å². The number of halogens is 1. The van der Waals surface area contributed by atoms with E-state index >= 15 is 0 Å². The van der Waals surface area contributed by atoms with Gasteiger partial charge in [0.05, 0.1) is 16.7 Å². The van der Waals surface area contributed by atoms with Crippen molar-refractivity contribution in [1.29, 1.82) is 0 Å². The number of hydrogen-bond acceptors (Lipinski definition) is 6. The molecule has 2 aliphatic rings. The van der Waals surface area contributed by atoms with Crippen molar-refractivity contribution in [2.45, 2.75) is 19.0 Å². The Labute approximate surface area is 171 Å². The number of sulfone groups is 1. The van der Waals surface area contributed by atoms with Crippen LogP contribution in [-0.4, -0.2) is 47.3 Å². The second-order valence-electron chi connectivity index (χ2n) is 6.06. The lowest BCUT2D eigenvalue weighted by molar-refractivity contribution is -0.132. The molecule has 27 heavy (non-hydrogen) atoms.